The maximum atomic E-state index is 14.6. The number of anilines is 1. The average Bonchev–Trinajstić information content (AvgIpc) is 3.65. The van der Waals surface area contributed by atoms with Crippen LogP contribution in [0.2, 0.25) is 0 Å². The van der Waals surface area contributed by atoms with Crippen molar-refractivity contribution in [3.63, 3.8) is 0 Å². The zero-order valence-electron chi connectivity index (χ0n) is 25.4. The van der Waals surface area contributed by atoms with Gasteiger partial charge >= 0.3 is 12.1 Å². The number of likely N-dealkylation sites (tertiary alicyclic amines) is 1. The van der Waals surface area contributed by atoms with Crippen LogP contribution in [0.1, 0.15) is 41.6 Å². The lowest BCUT2D eigenvalue weighted by molar-refractivity contribution is 0.0767. The third-order valence-corrected chi connectivity index (χ3v) is 8.85. The summed E-state index contributed by atoms with van der Waals surface area (Å²) in [4.78, 5) is 30.8. The summed E-state index contributed by atoms with van der Waals surface area (Å²) in [6.45, 7) is 4.14. The second-order valence-electron chi connectivity index (χ2n) is 12.0. The van der Waals surface area contributed by atoms with E-state index in [1.54, 1.807) is 4.90 Å². The summed E-state index contributed by atoms with van der Waals surface area (Å²) in [6.07, 6.45) is 1.87. The number of amides is 1. The van der Waals surface area contributed by atoms with Crippen molar-refractivity contribution >= 4 is 11.9 Å². The fraction of sp³-hybridized carbons (Fsp3) is 0.455. The molecular formula is C33H38FN7O4. The van der Waals surface area contributed by atoms with Crippen molar-refractivity contribution in [2.24, 2.45) is 0 Å². The Morgan fingerprint density at radius 3 is 2.73 bits per heavy atom. The number of rotatable bonds is 9. The largest absolute Gasteiger partial charge is 0.508 e. The normalized spacial score (nSPS) is 20.2. The number of fused-ring (bicyclic) bond motifs is 1. The lowest BCUT2D eigenvalue weighted by Gasteiger charge is -2.41. The van der Waals surface area contributed by atoms with Gasteiger partial charge in [0, 0.05) is 56.4 Å². The van der Waals surface area contributed by atoms with E-state index in [-0.39, 0.29) is 37.1 Å². The molecule has 236 valence electrons. The van der Waals surface area contributed by atoms with Crippen molar-refractivity contribution < 1.29 is 23.8 Å². The van der Waals surface area contributed by atoms with Gasteiger partial charge in [-0.2, -0.15) is 15.2 Å². The van der Waals surface area contributed by atoms with Gasteiger partial charge in [0.25, 0.3) is 0 Å². The molecule has 12 heteroatoms. The summed E-state index contributed by atoms with van der Waals surface area (Å²) in [7, 11) is 2.09. The van der Waals surface area contributed by atoms with E-state index in [9.17, 15) is 19.6 Å². The number of carbonyl (C=O) groups excluding carboxylic acids is 1. The van der Waals surface area contributed by atoms with Crippen LogP contribution in [-0.4, -0.2) is 87.8 Å². The Balaban J connectivity index is 1.21. The van der Waals surface area contributed by atoms with Gasteiger partial charge in [0.2, 0.25) is 0 Å². The fourth-order valence-electron chi connectivity index (χ4n) is 6.37. The standard InChI is InChI=1S/C33H38FN7O4/c1-38-13-5-8-26(38)22-44-32-36-30-20-39(17-24-16-27(42)9-10-29(24)34)19-28(30)31(37-32)40-14-15-41(25(18-40)11-12-35)33(43)45-21-23-6-3-2-4-7-23/h2-4,6-7,9-10,16,25-26,42H,5,8,11,13-15,17-22H2,1H3/t25-,26-/m0/s1. The highest BCUT2D eigenvalue weighted by Crippen LogP contribution is 2.34. The van der Waals surface area contributed by atoms with E-state index in [1.165, 1.54) is 18.2 Å². The van der Waals surface area contributed by atoms with E-state index in [1.807, 2.05) is 30.3 Å². The molecule has 3 aliphatic heterocycles. The van der Waals surface area contributed by atoms with Crippen LogP contribution < -0.4 is 9.64 Å². The van der Waals surface area contributed by atoms with Crippen LogP contribution in [0, 0.1) is 17.1 Å². The number of aromatic hydroxyl groups is 1. The topological polar surface area (TPSA) is 118 Å². The number of halogens is 1. The van der Waals surface area contributed by atoms with Crippen LogP contribution in [0.4, 0.5) is 15.0 Å². The Morgan fingerprint density at radius 2 is 1.96 bits per heavy atom. The Labute approximate surface area is 262 Å². The van der Waals surface area contributed by atoms with E-state index >= 15 is 0 Å². The molecule has 1 amide bonds. The Bertz CT molecular complexity index is 1550. The highest BCUT2D eigenvalue weighted by Gasteiger charge is 2.36. The summed E-state index contributed by atoms with van der Waals surface area (Å²) < 4.78 is 26.4. The quantitative estimate of drug-likeness (QED) is 0.378. The molecular weight excluding hydrogens is 577 g/mol. The molecule has 0 radical (unpaired) electrons. The van der Waals surface area contributed by atoms with Crippen molar-refractivity contribution in [1.29, 1.82) is 5.26 Å². The number of hydrogen-bond donors (Lipinski definition) is 1. The van der Waals surface area contributed by atoms with Gasteiger partial charge in [0.1, 0.15) is 30.6 Å². The molecule has 0 bridgehead atoms. The molecule has 0 spiro atoms. The fourth-order valence-corrected chi connectivity index (χ4v) is 6.37. The summed E-state index contributed by atoms with van der Waals surface area (Å²) in [6, 6.07) is 16.0. The highest BCUT2D eigenvalue weighted by molar-refractivity contribution is 5.69. The lowest BCUT2D eigenvalue weighted by Crippen LogP contribution is -2.55. The zero-order chi connectivity index (χ0) is 31.3. The molecule has 2 saturated heterocycles. The van der Waals surface area contributed by atoms with Crippen molar-refractivity contribution in [3.05, 3.63) is 76.7 Å². The van der Waals surface area contributed by atoms with Crippen LogP contribution in [0.5, 0.6) is 11.8 Å². The van der Waals surface area contributed by atoms with Crippen molar-refractivity contribution in [3.8, 4) is 17.8 Å². The van der Waals surface area contributed by atoms with Crippen molar-refractivity contribution in [2.75, 3.05) is 44.7 Å². The molecule has 0 saturated carbocycles. The first-order valence-electron chi connectivity index (χ1n) is 15.4. The number of aromatic nitrogens is 2. The number of likely N-dealkylation sites (N-methyl/N-ethyl adjacent to an activating group) is 1. The van der Waals surface area contributed by atoms with Crippen LogP contribution in [0.15, 0.2) is 48.5 Å². The highest BCUT2D eigenvalue weighted by atomic mass is 19.1. The summed E-state index contributed by atoms with van der Waals surface area (Å²) in [5, 5.41) is 19.6. The van der Waals surface area contributed by atoms with Gasteiger partial charge in [0.15, 0.2) is 0 Å². The first-order chi connectivity index (χ1) is 21.9. The predicted molar refractivity (Wildman–Crippen MR) is 164 cm³/mol. The first-order valence-corrected chi connectivity index (χ1v) is 15.4. The van der Waals surface area contributed by atoms with E-state index in [0.717, 1.165) is 36.2 Å². The van der Waals surface area contributed by atoms with Crippen molar-refractivity contribution in [1.82, 2.24) is 24.7 Å². The minimum absolute atomic E-state index is 0.0138. The van der Waals surface area contributed by atoms with E-state index in [2.05, 4.69) is 27.8 Å². The molecule has 11 nitrogen and oxygen atoms in total. The second-order valence-corrected chi connectivity index (χ2v) is 12.0. The smallest absolute Gasteiger partial charge is 0.410 e. The number of phenols is 1. The number of hydrogen-bond acceptors (Lipinski definition) is 10. The summed E-state index contributed by atoms with van der Waals surface area (Å²) >= 11 is 0. The van der Waals surface area contributed by atoms with Gasteiger partial charge in [-0.25, -0.2) is 9.18 Å². The summed E-state index contributed by atoms with van der Waals surface area (Å²) in [5.74, 6) is 0.336. The minimum atomic E-state index is -0.448. The van der Waals surface area contributed by atoms with Gasteiger partial charge in [-0.05, 0) is 50.2 Å². The lowest BCUT2D eigenvalue weighted by atomic mass is 10.1. The monoisotopic (exact) mass is 615 g/mol. The van der Waals surface area contributed by atoms with Crippen LogP contribution in [0.25, 0.3) is 0 Å². The Morgan fingerprint density at radius 1 is 1.11 bits per heavy atom. The van der Waals surface area contributed by atoms with E-state index < -0.39 is 12.1 Å². The number of nitrogens with zero attached hydrogens (tertiary/aromatic N) is 7. The number of ether oxygens (including phenoxy) is 2. The zero-order valence-corrected chi connectivity index (χ0v) is 25.4. The molecule has 1 aromatic heterocycles. The number of benzene rings is 2. The molecule has 3 aromatic rings. The molecule has 0 unspecified atom stereocenters. The number of piperazine rings is 1. The number of phenolic OH excluding ortho intramolecular Hbond substituents is 1. The van der Waals surface area contributed by atoms with Crippen molar-refractivity contribution in [2.45, 2.75) is 57.6 Å². The molecule has 1 N–H and O–H groups in total. The number of carbonyl (C=O) groups is 1. The van der Waals surface area contributed by atoms with Crippen LogP contribution >= 0.6 is 0 Å². The molecule has 2 aromatic carbocycles. The molecule has 3 aliphatic rings. The maximum Gasteiger partial charge on any atom is 0.410 e. The molecule has 6 rings (SSSR count). The van der Waals surface area contributed by atoms with Gasteiger partial charge in [0.05, 0.1) is 24.2 Å². The van der Waals surface area contributed by atoms with Crippen LogP contribution in [0.3, 0.4) is 0 Å². The molecule has 2 atom stereocenters. The predicted octanol–water partition coefficient (Wildman–Crippen LogP) is 4.05. The maximum absolute atomic E-state index is 14.6. The minimum Gasteiger partial charge on any atom is -0.508 e. The third kappa shape index (κ3) is 7.10. The van der Waals surface area contributed by atoms with Gasteiger partial charge < -0.3 is 29.3 Å². The summed E-state index contributed by atoms with van der Waals surface area (Å²) in [5.41, 5.74) is 3.01. The van der Waals surface area contributed by atoms with E-state index in [4.69, 9.17) is 19.4 Å². The SMILES string of the molecule is CN1CCC[C@H]1COc1nc2c(c(N3CCN(C(=O)OCc4ccccc4)[C@@H](CC#N)C3)n1)CN(Cc1cc(O)ccc1F)C2. The molecule has 45 heavy (non-hydrogen) atoms. The molecule has 0 aliphatic carbocycles. The van der Waals surface area contributed by atoms with E-state index in [0.29, 0.717) is 56.8 Å². The Hall–Kier alpha value is -4.47. The molecule has 2 fully saturated rings. The van der Waals surface area contributed by atoms with Gasteiger partial charge in [-0.15, -0.1) is 0 Å². The Kier molecular flexibility index (Phi) is 9.28. The third-order valence-electron chi connectivity index (χ3n) is 8.85. The second kappa shape index (κ2) is 13.7. The van der Waals surface area contributed by atoms with Crippen LogP contribution in [-0.2, 0) is 31.0 Å². The number of nitriles is 1. The van der Waals surface area contributed by atoms with Gasteiger partial charge in [-0.1, -0.05) is 30.3 Å². The first kappa shape index (κ1) is 30.6. The van der Waals surface area contributed by atoms with Gasteiger partial charge in [-0.3, -0.25) is 4.90 Å². The molecule has 4 heterocycles. The average molecular weight is 616 g/mol.